The van der Waals surface area contributed by atoms with Crippen molar-refractivity contribution in [3.05, 3.63) is 50.9 Å². The van der Waals surface area contributed by atoms with Crippen molar-refractivity contribution in [1.29, 1.82) is 0 Å². The van der Waals surface area contributed by atoms with Gasteiger partial charge in [-0.25, -0.2) is 4.98 Å². The van der Waals surface area contributed by atoms with Crippen LogP contribution < -0.4 is 10.9 Å². The van der Waals surface area contributed by atoms with E-state index in [1.807, 2.05) is 20.8 Å². The molecule has 0 aliphatic carbocycles. The van der Waals surface area contributed by atoms with Gasteiger partial charge in [-0.2, -0.15) is 0 Å². The van der Waals surface area contributed by atoms with Gasteiger partial charge in [-0.1, -0.05) is 43.3 Å². The van der Waals surface area contributed by atoms with Crippen LogP contribution >= 0.6 is 23.4 Å². The minimum absolute atomic E-state index is 0.143. The minimum atomic E-state index is -0.422. The SMILES string of the molecule is Cc1c(Cl)cccc1NC(=O)C(C)Sc1nc(C(C)C)cc(=O)[nH]1. The van der Waals surface area contributed by atoms with Gasteiger partial charge < -0.3 is 10.3 Å². The molecule has 24 heavy (non-hydrogen) atoms. The summed E-state index contributed by atoms with van der Waals surface area (Å²) in [5.74, 6) is -0.0344. The second-order valence-electron chi connectivity index (χ2n) is 5.79. The summed E-state index contributed by atoms with van der Waals surface area (Å²) < 4.78 is 0. The lowest BCUT2D eigenvalue weighted by Gasteiger charge is -2.14. The zero-order chi connectivity index (χ0) is 17.9. The number of carbonyl (C=O) groups excluding carboxylic acids is 1. The lowest BCUT2D eigenvalue weighted by molar-refractivity contribution is -0.115. The van der Waals surface area contributed by atoms with E-state index in [0.717, 1.165) is 5.56 Å². The van der Waals surface area contributed by atoms with Crippen LogP contribution in [0.3, 0.4) is 0 Å². The van der Waals surface area contributed by atoms with E-state index in [2.05, 4.69) is 15.3 Å². The maximum atomic E-state index is 12.4. The van der Waals surface area contributed by atoms with Crippen LogP contribution in [-0.4, -0.2) is 21.1 Å². The summed E-state index contributed by atoms with van der Waals surface area (Å²) in [6.07, 6.45) is 0. The first-order chi connectivity index (χ1) is 11.3. The number of thioether (sulfide) groups is 1. The minimum Gasteiger partial charge on any atom is -0.325 e. The fraction of sp³-hybridized carbons (Fsp3) is 0.353. The monoisotopic (exact) mass is 365 g/mol. The van der Waals surface area contributed by atoms with E-state index in [1.165, 1.54) is 17.8 Å². The highest BCUT2D eigenvalue weighted by atomic mass is 35.5. The Labute approximate surface area is 150 Å². The van der Waals surface area contributed by atoms with Crippen LogP contribution in [0.2, 0.25) is 5.02 Å². The molecule has 1 heterocycles. The van der Waals surface area contributed by atoms with Crippen molar-refractivity contribution in [2.75, 3.05) is 5.32 Å². The zero-order valence-electron chi connectivity index (χ0n) is 14.0. The molecular formula is C17H20ClN3O2S. The fourth-order valence-corrected chi connectivity index (χ4v) is 3.00. The first-order valence-electron chi connectivity index (χ1n) is 7.62. The molecule has 0 radical (unpaired) electrons. The third-order valence-electron chi connectivity index (χ3n) is 3.51. The van der Waals surface area contributed by atoms with Crippen molar-refractivity contribution in [2.45, 2.75) is 44.0 Å². The summed E-state index contributed by atoms with van der Waals surface area (Å²) in [5, 5.41) is 3.48. The van der Waals surface area contributed by atoms with E-state index >= 15 is 0 Å². The highest BCUT2D eigenvalue weighted by Crippen LogP contribution is 2.25. The van der Waals surface area contributed by atoms with Gasteiger partial charge in [0.25, 0.3) is 5.56 Å². The summed E-state index contributed by atoms with van der Waals surface area (Å²) in [4.78, 5) is 31.2. The molecule has 0 bridgehead atoms. The molecule has 0 saturated heterocycles. The Morgan fingerprint density at radius 1 is 1.33 bits per heavy atom. The number of carbonyl (C=O) groups is 1. The summed E-state index contributed by atoms with van der Waals surface area (Å²) in [5.41, 5.74) is 1.99. The first-order valence-corrected chi connectivity index (χ1v) is 8.87. The van der Waals surface area contributed by atoms with Crippen molar-refractivity contribution in [3.8, 4) is 0 Å². The van der Waals surface area contributed by atoms with Crippen LogP contribution in [0.1, 0.15) is 37.9 Å². The number of aromatic amines is 1. The Morgan fingerprint density at radius 3 is 2.71 bits per heavy atom. The molecule has 2 N–H and O–H groups in total. The molecule has 1 aromatic carbocycles. The van der Waals surface area contributed by atoms with Crippen LogP contribution in [0, 0.1) is 6.92 Å². The Kier molecular flexibility index (Phi) is 6.07. The average Bonchev–Trinajstić information content (AvgIpc) is 2.51. The second-order valence-corrected chi connectivity index (χ2v) is 7.53. The predicted molar refractivity (Wildman–Crippen MR) is 99.1 cm³/mol. The topological polar surface area (TPSA) is 74.8 Å². The van der Waals surface area contributed by atoms with Crippen LogP contribution in [0.4, 0.5) is 5.69 Å². The molecule has 1 aromatic heterocycles. The van der Waals surface area contributed by atoms with Crippen molar-refractivity contribution in [2.24, 2.45) is 0 Å². The van der Waals surface area contributed by atoms with E-state index in [1.54, 1.807) is 25.1 Å². The molecular weight excluding hydrogens is 346 g/mol. The van der Waals surface area contributed by atoms with Gasteiger partial charge in [-0.15, -0.1) is 0 Å². The van der Waals surface area contributed by atoms with Crippen LogP contribution in [0.15, 0.2) is 34.2 Å². The van der Waals surface area contributed by atoms with Crippen LogP contribution in [0.5, 0.6) is 0 Å². The van der Waals surface area contributed by atoms with Crippen molar-refractivity contribution >= 4 is 35.0 Å². The lowest BCUT2D eigenvalue weighted by atomic mass is 10.1. The molecule has 0 saturated carbocycles. The van der Waals surface area contributed by atoms with Crippen LogP contribution in [0.25, 0.3) is 0 Å². The lowest BCUT2D eigenvalue weighted by Crippen LogP contribution is -2.24. The largest absolute Gasteiger partial charge is 0.325 e. The smallest absolute Gasteiger partial charge is 0.251 e. The third kappa shape index (κ3) is 4.61. The molecule has 2 aromatic rings. The van der Waals surface area contributed by atoms with Gasteiger partial charge in [0.1, 0.15) is 0 Å². The number of anilines is 1. The highest BCUT2D eigenvalue weighted by Gasteiger charge is 2.18. The van der Waals surface area contributed by atoms with Crippen molar-refractivity contribution in [1.82, 2.24) is 9.97 Å². The Morgan fingerprint density at radius 2 is 2.04 bits per heavy atom. The first kappa shape index (κ1) is 18.5. The molecule has 5 nitrogen and oxygen atoms in total. The number of rotatable bonds is 5. The van der Waals surface area contributed by atoms with E-state index in [0.29, 0.717) is 21.6 Å². The molecule has 1 amide bonds. The van der Waals surface area contributed by atoms with E-state index in [4.69, 9.17) is 11.6 Å². The Bertz CT molecular complexity index is 805. The number of H-pyrrole nitrogens is 1. The van der Waals surface area contributed by atoms with Gasteiger partial charge in [0.05, 0.1) is 10.9 Å². The van der Waals surface area contributed by atoms with Gasteiger partial charge in [0, 0.05) is 16.8 Å². The van der Waals surface area contributed by atoms with Gasteiger partial charge in [-0.05, 0) is 37.5 Å². The van der Waals surface area contributed by atoms with Crippen molar-refractivity contribution in [3.63, 3.8) is 0 Å². The van der Waals surface area contributed by atoms with E-state index < -0.39 is 5.25 Å². The van der Waals surface area contributed by atoms with Gasteiger partial charge in [0.2, 0.25) is 5.91 Å². The average molecular weight is 366 g/mol. The number of benzene rings is 1. The number of aromatic nitrogens is 2. The summed E-state index contributed by atoms with van der Waals surface area (Å²) >= 11 is 7.28. The predicted octanol–water partition coefficient (Wildman–Crippen LogP) is 3.97. The standard InChI is InChI=1S/C17H20ClN3O2S/c1-9(2)14-8-15(22)21-17(20-14)24-11(4)16(23)19-13-7-5-6-12(18)10(13)3/h5-9,11H,1-4H3,(H,19,23)(H,20,21,22). The molecule has 128 valence electrons. The van der Waals surface area contributed by atoms with Gasteiger partial charge in [0.15, 0.2) is 5.16 Å². The third-order valence-corrected chi connectivity index (χ3v) is 4.91. The number of nitrogens with zero attached hydrogens (tertiary/aromatic N) is 1. The van der Waals surface area contributed by atoms with E-state index in [9.17, 15) is 9.59 Å². The Hall–Kier alpha value is -1.79. The summed E-state index contributed by atoms with van der Waals surface area (Å²) in [6, 6.07) is 6.84. The molecule has 7 heteroatoms. The molecule has 0 aliphatic heterocycles. The number of hydrogen-bond acceptors (Lipinski definition) is 4. The van der Waals surface area contributed by atoms with Gasteiger partial charge >= 0.3 is 0 Å². The number of nitrogens with one attached hydrogen (secondary N) is 2. The van der Waals surface area contributed by atoms with Gasteiger partial charge in [-0.3, -0.25) is 9.59 Å². The summed E-state index contributed by atoms with van der Waals surface area (Å²) in [7, 11) is 0. The molecule has 0 aliphatic rings. The molecule has 0 spiro atoms. The molecule has 1 unspecified atom stereocenters. The van der Waals surface area contributed by atoms with Crippen LogP contribution in [-0.2, 0) is 4.79 Å². The molecule has 1 atom stereocenters. The summed E-state index contributed by atoms with van der Waals surface area (Å²) in [6.45, 7) is 7.55. The van der Waals surface area contributed by atoms with Crippen molar-refractivity contribution < 1.29 is 4.79 Å². The molecule has 0 fully saturated rings. The normalized spacial score (nSPS) is 12.2. The second kappa shape index (κ2) is 7.85. The number of amides is 1. The quantitative estimate of drug-likeness (QED) is 0.621. The fourth-order valence-electron chi connectivity index (χ4n) is 2.00. The Balaban J connectivity index is 2.12. The maximum Gasteiger partial charge on any atom is 0.251 e. The maximum absolute atomic E-state index is 12.4. The molecule has 2 rings (SSSR count). The van der Waals surface area contributed by atoms with E-state index in [-0.39, 0.29) is 17.4 Å². The number of hydrogen-bond donors (Lipinski definition) is 2. The highest BCUT2D eigenvalue weighted by molar-refractivity contribution is 8.00. The zero-order valence-corrected chi connectivity index (χ0v) is 15.6. The number of halogens is 1.